The molecule has 1 rings (SSSR count). The van der Waals surface area contributed by atoms with Crippen LogP contribution in [0.4, 0.5) is 14.5 Å². The maximum Gasteiger partial charge on any atom is 0.340 e. The van der Waals surface area contributed by atoms with Gasteiger partial charge in [-0.05, 0) is 18.4 Å². The molecule has 100 valence electrons. The Morgan fingerprint density at radius 1 is 1.39 bits per heavy atom. The third-order valence-corrected chi connectivity index (χ3v) is 2.59. The summed E-state index contributed by atoms with van der Waals surface area (Å²) in [6.07, 6.45) is 1.92. The summed E-state index contributed by atoms with van der Waals surface area (Å²) in [7, 11) is 0. The van der Waals surface area contributed by atoms with E-state index >= 15 is 0 Å². The third-order valence-electron chi connectivity index (χ3n) is 2.59. The molecule has 1 atom stereocenters. The first kappa shape index (κ1) is 14.4. The van der Waals surface area contributed by atoms with Crippen LogP contribution < -0.4 is 5.73 Å². The molecule has 1 unspecified atom stereocenters. The molecule has 0 saturated carbocycles. The van der Waals surface area contributed by atoms with E-state index in [0.717, 1.165) is 25.0 Å². The first-order chi connectivity index (χ1) is 8.45. The number of ether oxygens (including phenoxy) is 1. The average molecular weight is 257 g/mol. The van der Waals surface area contributed by atoms with Crippen LogP contribution >= 0.6 is 0 Å². The van der Waals surface area contributed by atoms with Gasteiger partial charge in [0.15, 0.2) is 11.6 Å². The van der Waals surface area contributed by atoms with Crippen LogP contribution in [-0.2, 0) is 4.74 Å². The fraction of sp³-hybridized carbons (Fsp3) is 0.462. The lowest BCUT2D eigenvalue weighted by molar-refractivity contribution is 0.0444. The summed E-state index contributed by atoms with van der Waals surface area (Å²) < 4.78 is 30.8. The van der Waals surface area contributed by atoms with E-state index in [1.165, 1.54) is 0 Å². The van der Waals surface area contributed by atoms with Crippen molar-refractivity contribution in [1.29, 1.82) is 0 Å². The fourth-order valence-corrected chi connectivity index (χ4v) is 1.61. The van der Waals surface area contributed by atoms with Crippen molar-refractivity contribution < 1.29 is 18.3 Å². The van der Waals surface area contributed by atoms with E-state index in [4.69, 9.17) is 10.5 Å². The summed E-state index contributed by atoms with van der Waals surface area (Å²) >= 11 is 0. The summed E-state index contributed by atoms with van der Waals surface area (Å²) in [6, 6.07) is 1.54. The van der Waals surface area contributed by atoms with Crippen molar-refractivity contribution in [2.24, 2.45) is 5.92 Å². The Labute approximate surface area is 105 Å². The molecule has 0 saturated heterocycles. The lowest BCUT2D eigenvalue weighted by Gasteiger charge is -2.12. The van der Waals surface area contributed by atoms with Gasteiger partial charge in [0.05, 0.1) is 12.2 Å². The molecule has 0 aliphatic rings. The molecule has 0 spiro atoms. The van der Waals surface area contributed by atoms with Crippen LogP contribution in [0.25, 0.3) is 0 Å². The molecule has 0 radical (unpaired) electrons. The van der Waals surface area contributed by atoms with Gasteiger partial charge in [-0.15, -0.1) is 0 Å². The summed E-state index contributed by atoms with van der Waals surface area (Å²) in [5.74, 6) is -2.69. The highest BCUT2D eigenvalue weighted by Crippen LogP contribution is 2.18. The van der Waals surface area contributed by atoms with Gasteiger partial charge >= 0.3 is 5.97 Å². The van der Waals surface area contributed by atoms with Crippen molar-refractivity contribution in [3.8, 4) is 0 Å². The minimum Gasteiger partial charge on any atom is -0.462 e. The van der Waals surface area contributed by atoms with Crippen molar-refractivity contribution in [3.05, 3.63) is 29.3 Å². The minimum absolute atomic E-state index is 0.123. The van der Waals surface area contributed by atoms with Gasteiger partial charge in [-0.3, -0.25) is 0 Å². The number of hydrogen-bond acceptors (Lipinski definition) is 3. The van der Waals surface area contributed by atoms with Crippen LogP contribution in [-0.4, -0.2) is 12.6 Å². The molecule has 0 amide bonds. The Hall–Kier alpha value is -1.65. The second-order valence-corrected chi connectivity index (χ2v) is 4.35. The number of benzene rings is 1. The summed E-state index contributed by atoms with van der Waals surface area (Å²) in [5.41, 5.74) is 5.18. The maximum atomic E-state index is 13.0. The van der Waals surface area contributed by atoms with Gasteiger partial charge in [0.25, 0.3) is 0 Å². The Balaban J connectivity index is 2.70. The average Bonchev–Trinajstić information content (AvgIpc) is 2.31. The van der Waals surface area contributed by atoms with Gasteiger partial charge < -0.3 is 10.5 Å². The first-order valence-corrected chi connectivity index (χ1v) is 5.87. The van der Waals surface area contributed by atoms with Crippen LogP contribution in [0, 0.1) is 17.6 Å². The highest BCUT2D eigenvalue weighted by atomic mass is 19.2. The zero-order valence-electron chi connectivity index (χ0n) is 10.5. The molecule has 3 nitrogen and oxygen atoms in total. The van der Waals surface area contributed by atoms with E-state index in [1.54, 1.807) is 0 Å². The first-order valence-electron chi connectivity index (χ1n) is 5.87. The molecular formula is C13H17F2NO2. The predicted molar refractivity (Wildman–Crippen MR) is 65.1 cm³/mol. The largest absolute Gasteiger partial charge is 0.462 e. The summed E-state index contributed by atoms with van der Waals surface area (Å²) in [4.78, 5) is 11.6. The van der Waals surface area contributed by atoms with Gasteiger partial charge in [0.1, 0.15) is 0 Å². The molecule has 0 bridgehead atoms. The van der Waals surface area contributed by atoms with Crippen LogP contribution in [0.1, 0.15) is 37.0 Å². The minimum atomic E-state index is -1.11. The normalized spacial score (nSPS) is 12.2. The van der Waals surface area contributed by atoms with E-state index in [0.29, 0.717) is 0 Å². The topological polar surface area (TPSA) is 52.3 Å². The number of halogens is 2. The Morgan fingerprint density at radius 3 is 2.61 bits per heavy atom. The molecule has 0 fully saturated rings. The van der Waals surface area contributed by atoms with Crippen molar-refractivity contribution in [2.45, 2.75) is 26.7 Å². The lowest BCUT2D eigenvalue weighted by atomic mass is 10.1. The highest BCUT2D eigenvalue weighted by Gasteiger charge is 2.16. The number of nitrogen functional groups attached to an aromatic ring is 1. The molecule has 0 aliphatic heterocycles. The zero-order valence-corrected chi connectivity index (χ0v) is 10.5. The van der Waals surface area contributed by atoms with E-state index in [9.17, 15) is 13.6 Å². The van der Waals surface area contributed by atoms with Gasteiger partial charge in [-0.2, -0.15) is 0 Å². The monoisotopic (exact) mass is 257 g/mol. The standard InChI is InChI=1S/C13H17F2NO2/c1-3-4-8(2)7-18-13(17)9-5-10(14)11(15)6-12(9)16/h5-6,8H,3-4,7,16H2,1-2H3. The molecule has 0 aromatic heterocycles. The van der Waals surface area contributed by atoms with Gasteiger partial charge in [-0.25, -0.2) is 13.6 Å². The molecule has 1 aromatic carbocycles. The van der Waals surface area contributed by atoms with E-state index < -0.39 is 17.6 Å². The molecular weight excluding hydrogens is 240 g/mol. The predicted octanol–water partition coefficient (Wildman–Crippen LogP) is 3.14. The third kappa shape index (κ3) is 3.68. The molecule has 2 N–H and O–H groups in total. The molecule has 0 heterocycles. The van der Waals surface area contributed by atoms with Gasteiger partial charge in [-0.1, -0.05) is 20.3 Å². The summed E-state index contributed by atoms with van der Waals surface area (Å²) in [5, 5.41) is 0. The van der Waals surface area contributed by atoms with Crippen molar-refractivity contribution in [3.63, 3.8) is 0 Å². The van der Waals surface area contributed by atoms with Crippen molar-refractivity contribution in [1.82, 2.24) is 0 Å². The van der Waals surface area contributed by atoms with Crippen LogP contribution in [0.2, 0.25) is 0 Å². The quantitative estimate of drug-likeness (QED) is 0.651. The summed E-state index contributed by atoms with van der Waals surface area (Å²) in [6.45, 7) is 4.22. The fourth-order valence-electron chi connectivity index (χ4n) is 1.61. The Kier molecular flexibility index (Phi) is 5.07. The number of carbonyl (C=O) groups is 1. The smallest absolute Gasteiger partial charge is 0.340 e. The van der Waals surface area contributed by atoms with E-state index in [1.807, 2.05) is 13.8 Å². The number of esters is 1. The van der Waals surface area contributed by atoms with E-state index in [-0.39, 0.29) is 23.8 Å². The number of nitrogens with two attached hydrogens (primary N) is 1. The van der Waals surface area contributed by atoms with Crippen LogP contribution in [0.5, 0.6) is 0 Å². The lowest BCUT2D eigenvalue weighted by Crippen LogP contribution is -2.14. The number of carbonyl (C=O) groups excluding carboxylic acids is 1. The highest BCUT2D eigenvalue weighted by molar-refractivity contribution is 5.95. The molecule has 5 heteroatoms. The number of hydrogen-bond donors (Lipinski definition) is 1. The van der Waals surface area contributed by atoms with Gasteiger partial charge in [0.2, 0.25) is 0 Å². The molecule has 18 heavy (non-hydrogen) atoms. The van der Waals surface area contributed by atoms with Crippen molar-refractivity contribution in [2.75, 3.05) is 12.3 Å². The zero-order chi connectivity index (χ0) is 13.7. The SMILES string of the molecule is CCCC(C)COC(=O)c1cc(F)c(F)cc1N. The molecule has 0 aliphatic carbocycles. The number of anilines is 1. The van der Waals surface area contributed by atoms with Gasteiger partial charge in [0, 0.05) is 11.8 Å². The second kappa shape index (κ2) is 6.33. The molecule has 1 aromatic rings. The number of rotatable bonds is 5. The maximum absolute atomic E-state index is 13.0. The second-order valence-electron chi connectivity index (χ2n) is 4.35. The van der Waals surface area contributed by atoms with E-state index in [2.05, 4.69) is 0 Å². The van der Waals surface area contributed by atoms with Crippen LogP contribution in [0.15, 0.2) is 12.1 Å². The van der Waals surface area contributed by atoms with Crippen LogP contribution in [0.3, 0.4) is 0 Å². The Bertz CT molecular complexity index is 435. The van der Waals surface area contributed by atoms with Crippen molar-refractivity contribution >= 4 is 11.7 Å². The Morgan fingerprint density at radius 2 is 2.00 bits per heavy atom.